The Morgan fingerprint density at radius 2 is 2.31 bits per heavy atom. The van der Waals surface area contributed by atoms with Gasteiger partial charge in [0, 0.05) is 13.0 Å². The quantitative estimate of drug-likeness (QED) is 0.716. The van der Waals surface area contributed by atoms with E-state index in [1.165, 1.54) is 4.68 Å². The molecule has 0 radical (unpaired) electrons. The summed E-state index contributed by atoms with van der Waals surface area (Å²) in [4.78, 5) is 11.1. The van der Waals surface area contributed by atoms with Gasteiger partial charge in [-0.3, -0.25) is 0 Å². The van der Waals surface area contributed by atoms with Crippen molar-refractivity contribution in [3.05, 3.63) is 16.4 Å². The Hall–Kier alpha value is -1.10. The predicted octanol–water partition coefficient (Wildman–Crippen LogP) is -0.00650. The normalized spacial score (nSPS) is 11.1. The van der Waals surface area contributed by atoms with Gasteiger partial charge < -0.3 is 10.2 Å². The van der Waals surface area contributed by atoms with Crippen LogP contribution < -0.4 is 11.5 Å². The summed E-state index contributed by atoms with van der Waals surface area (Å²) in [6.07, 6.45) is 0.514. The van der Waals surface area contributed by atoms with Gasteiger partial charge in [-0.05, 0) is 5.92 Å². The van der Waals surface area contributed by atoms with Crippen LogP contribution in [0.3, 0.4) is 0 Å². The van der Waals surface area contributed by atoms with Gasteiger partial charge in [0.1, 0.15) is 0 Å². The van der Waals surface area contributed by atoms with Crippen molar-refractivity contribution in [2.75, 3.05) is 6.54 Å². The fraction of sp³-hybridized carbons (Fsp3) is 0.750. The Labute approximate surface area is 76.5 Å². The first-order valence-electron chi connectivity index (χ1n) is 4.40. The van der Waals surface area contributed by atoms with Crippen molar-refractivity contribution in [3.63, 3.8) is 0 Å². The Morgan fingerprint density at radius 1 is 1.62 bits per heavy atom. The molecule has 1 heterocycles. The van der Waals surface area contributed by atoms with Gasteiger partial charge in [-0.2, -0.15) is 4.68 Å². The smallest absolute Gasteiger partial charge is 0.392 e. The van der Waals surface area contributed by atoms with Crippen LogP contribution in [0.2, 0.25) is 0 Å². The van der Waals surface area contributed by atoms with Crippen LogP contribution in [-0.4, -0.2) is 16.3 Å². The summed E-state index contributed by atoms with van der Waals surface area (Å²) in [7, 11) is 0. The van der Waals surface area contributed by atoms with E-state index in [0.717, 1.165) is 0 Å². The average molecular weight is 185 g/mol. The molecule has 0 bridgehead atoms. The largest absolute Gasteiger partial charge is 0.437 e. The lowest BCUT2D eigenvalue weighted by molar-refractivity contribution is 0.421. The molecule has 0 aromatic carbocycles. The number of aromatic nitrogens is 2. The topological polar surface area (TPSA) is 74.1 Å². The molecule has 0 aliphatic rings. The number of hydrogen-bond acceptors (Lipinski definition) is 4. The molecule has 1 aromatic rings. The van der Waals surface area contributed by atoms with E-state index < -0.39 is 5.76 Å². The van der Waals surface area contributed by atoms with Crippen molar-refractivity contribution < 1.29 is 4.42 Å². The van der Waals surface area contributed by atoms with Gasteiger partial charge in [-0.25, -0.2) is 4.79 Å². The highest BCUT2D eigenvalue weighted by molar-refractivity contribution is 4.75. The van der Waals surface area contributed by atoms with Crippen LogP contribution in [0.5, 0.6) is 0 Å². The molecule has 0 aliphatic heterocycles. The van der Waals surface area contributed by atoms with Crippen molar-refractivity contribution in [2.24, 2.45) is 11.7 Å². The molecular formula is C8H15N3O2. The summed E-state index contributed by atoms with van der Waals surface area (Å²) >= 11 is 0. The van der Waals surface area contributed by atoms with E-state index in [1.807, 2.05) is 13.8 Å². The fourth-order valence-electron chi connectivity index (χ4n) is 1.04. The van der Waals surface area contributed by atoms with Crippen LogP contribution in [0.15, 0.2) is 9.21 Å². The maximum atomic E-state index is 11.1. The molecule has 0 atom stereocenters. The summed E-state index contributed by atoms with van der Waals surface area (Å²) in [5.74, 6) is 0.416. The van der Waals surface area contributed by atoms with Crippen molar-refractivity contribution in [2.45, 2.75) is 26.8 Å². The summed E-state index contributed by atoms with van der Waals surface area (Å²) in [5.41, 5.74) is 5.31. The van der Waals surface area contributed by atoms with Crippen LogP contribution in [-0.2, 0) is 13.0 Å². The highest BCUT2D eigenvalue weighted by atomic mass is 16.4. The highest BCUT2D eigenvalue weighted by Gasteiger charge is 2.07. The van der Waals surface area contributed by atoms with Gasteiger partial charge in [0.05, 0.1) is 6.54 Å². The second-order valence-corrected chi connectivity index (χ2v) is 3.38. The van der Waals surface area contributed by atoms with Crippen molar-refractivity contribution >= 4 is 0 Å². The number of nitrogens with two attached hydrogens (primary N) is 1. The van der Waals surface area contributed by atoms with E-state index in [4.69, 9.17) is 10.2 Å². The van der Waals surface area contributed by atoms with Crippen LogP contribution in [0, 0.1) is 5.92 Å². The van der Waals surface area contributed by atoms with Gasteiger partial charge in [-0.1, -0.05) is 13.8 Å². The Balaban J connectivity index is 2.77. The molecule has 0 saturated heterocycles. The van der Waals surface area contributed by atoms with E-state index in [9.17, 15) is 4.79 Å². The zero-order valence-corrected chi connectivity index (χ0v) is 7.99. The van der Waals surface area contributed by atoms with Crippen LogP contribution >= 0.6 is 0 Å². The SMILES string of the molecule is CC(C)Cn1nc(CCN)oc1=O. The Morgan fingerprint density at radius 3 is 2.85 bits per heavy atom. The molecule has 74 valence electrons. The maximum Gasteiger partial charge on any atom is 0.437 e. The van der Waals surface area contributed by atoms with Crippen molar-refractivity contribution in [3.8, 4) is 0 Å². The van der Waals surface area contributed by atoms with E-state index in [-0.39, 0.29) is 0 Å². The fourth-order valence-corrected chi connectivity index (χ4v) is 1.04. The van der Waals surface area contributed by atoms with E-state index in [0.29, 0.717) is 31.3 Å². The van der Waals surface area contributed by atoms with Crippen molar-refractivity contribution in [1.82, 2.24) is 9.78 Å². The second kappa shape index (κ2) is 4.23. The molecule has 5 heteroatoms. The van der Waals surface area contributed by atoms with Crippen LogP contribution in [0.1, 0.15) is 19.7 Å². The first-order valence-corrected chi connectivity index (χ1v) is 4.40. The number of hydrogen-bond donors (Lipinski definition) is 1. The molecule has 1 aromatic heterocycles. The lowest BCUT2D eigenvalue weighted by Crippen LogP contribution is -2.18. The van der Waals surface area contributed by atoms with Gasteiger partial charge in [-0.15, -0.1) is 5.10 Å². The van der Waals surface area contributed by atoms with Gasteiger partial charge in [0.2, 0.25) is 5.89 Å². The van der Waals surface area contributed by atoms with Crippen LogP contribution in [0.25, 0.3) is 0 Å². The van der Waals surface area contributed by atoms with Crippen molar-refractivity contribution in [1.29, 1.82) is 0 Å². The molecule has 0 fully saturated rings. The van der Waals surface area contributed by atoms with Gasteiger partial charge >= 0.3 is 5.76 Å². The molecule has 0 spiro atoms. The number of nitrogens with zero attached hydrogens (tertiary/aromatic N) is 2. The van der Waals surface area contributed by atoms with E-state index in [1.54, 1.807) is 0 Å². The zero-order chi connectivity index (χ0) is 9.84. The van der Waals surface area contributed by atoms with E-state index in [2.05, 4.69) is 5.10 Å². The van der Waals surface area contributed by atoms with E-state index >= 15 is 0 Å². The molecule has 5 nitrogen and oxygen atoms in total. The first kappa shape index (κ1) is 9.98. The third kappa shape index (κ3) is 2.69. The standard InChI is InChI=1S/C8H15N3O2/c1-6(2)5-11-8(12)13-7(10-11)3-4-9/h6H,3-5,9H2,1-2H3. The summed E-state index contributed by atoms with van der Waals surface area (Å²) in [6.45, 7) is 5.07. The predicted molar refractivity (Wildman–Crippen MR) is 48.4 cm³/mol. The second-order valence-electron chi connectivity index (χ2n) is 3.38. The lowest BCUT2D eigenvalue weighted by Gasteiger charge is -2.00. The van der Waals surface area contributed by atoms with Gasteiger partial charge in [0.15, 0.2) is 0 Å². The Bertz CT molecular complexity index is 313. The summed E-state index contributed by atoms with van der Waals surface area (Å²) < 4.78 is 6.22. The highest BCUT2D eigenvalue weighted by Crippen LogP contribution is 1.96. The molecule has 0 saturated carbocycles. The minimum Gasteiger partial charge on any atom is -0.392 e. The average Bonchev–Trinajstić information content (AvgIpc) is 2.31. The Kier molecular flexibility index (Phi) is 3.25. The third-order valence-electron chi connectivity index (χ3n) is 1.54. The molecule has 2 N–H and O–H groups in total. The minimum absolute atomic E-state index is 0.383. The minimum atomic E-state index is -0.392. The summed E-state index contributed by atoms with van der Waals surface area (Å²) in [5, 5.41) is 4.00. The molecule has 0 amide bonds. The summed E-state index contributed by atoms with van der Waals surface area (Å²) in [6, 6.07) is 0. The molecule has 0 aliphatic carbocycles. The van der Waals surface area contributed by atoms with Crippen LogP contribution in [0.4, 0.5) is 0 Å². The first-order chi connectivity index (χ1) is 6.13. The third-order valence-corrected chi connectivity index (χ3v) is 1.54. The monoisotopic (exact) mass is 185 g/mol. The molecule has 13 heavy (non-hydrogen) atoms. The number of rotatable bonds is 4. The molecule has 1 rings (SSSR count). The molecule has 0 unspecified atom stereocenters. The van der Waals surface area contributed by atoms with Gasteiger partial charge in [0.25, 0.3) is 0 Å². The maximum absolute atomic E-state index is 11.1. The zero-order valence-electron chi connectivity index (χ0n) is 7.99. The lowest BCUT2D eigenvalue weighted by atomic mass is 10.2. The molecular weight excluding hydrogens is 170 g/mol.